The van der Waals surface area contributed by atoms with Gasteiger partial charge in [-0.2, -0.15) is 0 Å². The number of benzene rings is 2. The Labute approximate surface area is 152 Å². The highest BCUT2D eigenvalue weighted by atomic mass is 35.5. The number of hydrogen-bond donors (Lipinski definition) is 1. The molecule has 6 heteroatoms. The van der Waals surface area contributed by atoms with Crippen LogP contribution in [0.1, 0.15) is 24.2 Å². The summed E-state index contributed by atoms with van der Waals surface area (Å²) in [5, 5.41) is 3.14. The van der Waals surface area contributed by atoms with Crippen LogP contribution in [0.25, 0.3) is 0 Å². The molecule has 25 heavy (non-hydrogen) atoms. The van der Waals surface area contributed by atoms with Crippen molar-refractivity contribution in [1.82, 2.24) is 4.90 Å². The quantitative estimate of drug-likeness (QED) is 0.851. The van der Waals surface area contributed by atoms with Crippen LogP contribution in [0.5, 0.6) is 5.75 Å². The lowest BCUT2D eigenvalue weighted by Crippen LogP contribution is -2.34. The molecule has 0 spiro atoms. The number of nitrogens with zero attached hydrogens (tertiary/aromatic N) is 1. The lowest BCUT2D eigenvalue weighted by Gasteiger charge is -2.17. The van der Waals surface area contributed by atoms with Crippen molar-refractivity contribution in [2.45, 2.75) is 20.0 Å². The third-order valence-electron chi connectivity index (χ3n) is 3.35. The van der Waals surface area contributed by atoms with Crippen LogP contribution < -0.4 is 10.1 Å². The van der Waals surface area contributed by atoms with E-state index in [2.05, 4.69) is 5.32 Å². The Kier molecular flexibility index (Phi) is 6.42. The van der Waals surface area contributed by atoms with Gasteiger partial charge in [-0.3, -0.25) is 9.59 Å². The summed E-state index contributed by atoms with van der Waals surface area (Å²) in [7, 11) is 1.58. The van der Waals surface area contributed by atoms with Crippen molar-refractivity contribution in [3.05, 3.63) is 59.1 Å². The largest absolute Gasteiger partial charge is 0.491 e. The number of anilines is 1. The summed E-state index contributed by atoms with van der Waals surface area (Å²) in [5.41, 5.74) is 1.01. The van der Waals surface area contributed by atoms with E-state index < -0.39 is 0 Å². The minimum Gasteiger partial charge on any atom is -0.491 e. The Morgan fingerprint density at radius 2 is 1.76 bits per heavy atom. The van der Waals surface area contributed by atoms with Crippen molar-refractivity contribution in [1.29, 1.82) is 0 Å². The second-order valence-corrected chi connectivity index (χ2v) is 6.29. The maximum absolute atomic E-state index is 12.4. The van der Waals surface area contributed by atoms with Crippen LogP contribution in [-0.4, -0.2) is 36.4 Å². The average molecular weight is 361 g/mol. The second kappa shape index (κ2) is 8.53. The topological polar surface area (TPSA) is 58.6 Å². The fourth-order valence-electron chi connectivity index (χ4n) is 2.21. The number of carbonyl (C=O) groups excluding carboxylic acids is 2. The number of nitrogens with one attached hydrogen (secondary N) is 1. The molecule has 0 saturated carbocycles. The summed E-state index contributed by atoms with van der Waals surface area (Å²) in [5.74, 6) is 0.139. The first-order valence-corrected chi connectivity index (χ1v) is 8.31. The van der Waals surface area contributed by atoms with Gasteiger partial charge in [-0.05, 0) is 50.2 Å². The number of rotatable bonds is 6. The fourth-order valence-corrected chi connectivity index (χ4v) is 2.39. The van der Waals surface area contributed by atoms with E-state index in [0.717, 1.165) is 0 Å². The summed E-state index contributed by atoms with van der Waals surface area (Å²) >= 11 is 6.01. The van der Waals surface area contributed by atoms with E-state index in [4.69, 9.17) is 16.3 Å². The van der Waals surface area contributed by atoms with Gasteiger partial charge in [0.2, 0.25) is 5.91 Å². The molecule has 0 heterocycles. The molecule has 0 aliphatic carbocycles. The molecule has 0 aliphatic heterocycles. The molecule has 2 aromatic rings. The van der Waals surface area contributed by atoms with Crippen molar-refractivity contribution >= 4 is 29.1 Å². The number of para-hydroxylation sites is 1. The van der Waals surface area contributed by atoms with Gasteiger partial charge in [-0.15, -0.1) is 0 Å². The monoisotopic (exact) mass is 360 g/mol. The van der Waals surface area contributed by atoms with Gasteiger partial charge < -0.3 is 15.0 Å². The van der Waals surface area contributed by atoms with E-state index in [0.29, 0.717) is 22.0 Å². The van der Waals surface area contributed by atoms with Crippen LogP contribution in [0.4, 0.5) is 5.69 Å². The molecule has 0 aromatic heterocycles. The van der Waals surface area contributed by atoms with E-state index in [-0.39, 0.29) is 24.5 Å². The predicted molar refractivity (Wildman–Crippen MR) is 99.2 cm³/mol. The fraction of sp³-hybridized carbons (Fsp3) is 0.263. The summed E-state index contributed by atoms with van der Waals surface area (Å²) < 4.78 is 5.55. The van der Waals surface area contributed by atoms with Gasteiger partial charge in [0, 0.05) is 12.6 Å². The summed E-state index contributed by atoms with van der Waals surface area (Å²) in [6, 6.07) is 13.8. The van der Waals surface area contributed by atoms with Crippen molar-refractivity contribution in [2.75, 3.05) is 18.9 Å². The minimum atomic E-state index is -0.316. The number of amides is 2. The zero-order chi connectivity index (χ0) is 18.4. The maximum atomic E-state index is 12.4. The van der Waals surface area contributed by atoms with Crippen LogP contribution in [0.3, 0.4) is 0 Å². The van der Waals surface area contributed by atoms with E-state index in [1.165, 1.54) is 4.90 Å². The Bertz CT molecular complexity index is 745. The van der Waals surface area contributed by atoms with Gasteiger partial charge in [-0.25, -0.2) is 0 Å². The van der Waals surface area contributed by atoms with E-state index >= 15 is 0 Å². The minimum absolute atomic E-state index is 0.0673. The lowest BCUT2D eigenvalue weighted by molar-refractivity contribution is -0.116. The normalized spacial score (nSPS) is 10.4. The maximum Gasteiger partial charge on any atom is 0.254 e. The van der Waals surface area contributed by atoms with Gasteiger partial charge >= 0.3 is 0 Å². The molecule has 0 bridgehead atoms. The van der Waals surface area contributed by atoms with E-state index in [1.54, 1.807) is 55.6 Å². The first kappa shape index (κ1) is 18.8. The molecule has 0 aliphatic rings. The Hall–Kier alpha value is -2.53. The molecule has 132 valence electrons. The Morgan fingerprint density at radius 3 is 2.36 bits per heavy atom. The molecule has 1 N–H and O–H groups in total. The summed E-state index contributed by atoms with van der Waals surface area (Å²) in [6.45, 7) is 3.79. The Morgan fingerprint density at radius 1 is 1.12 bits per heavy atom. The standard InChI is InChI=1S/C19H21ClN2O3/c1-13(2)25-15-10-8-14(9-11-15)19(24)22(3)12-18(23)21-17-7-5-4-6-16(17)20/h4-11,13H,12H2,1-3H3,(H,21,23). The third kappa shape index (κ3) is 5.50. The molecule has 2 amide bonds. The van der Waals surface area contributed by atoms with Crippen LogP contribution in [0.15, 0.2) is 48.5 Å². The zero-order valence-corrected chi connectivity index (χ0v) is 15.2. The molecular formula is C19H21ClN2O3. The number of halogens is 1. The van der Waals surface area contributed by atoms with Crippen LogP contribution >= 0.6 is 11.6 Å². The van der Waals surface area contributed by atoms with Gasteiger partial charge in [0.05, 0.1) is 23.4 Å². The second-order valence-electron chi connectivity index (χ2n) is 5.88. The molecular weight excluding hydrogens is 340 g/mol. The van der Waals surface area contributed by atoms with Crippen LogP contribution in [0, 0.1) is 0 Å². The van der Waals surface area contributed by atoms with Crippen LogP contribution in [0.2, 0.25) is 5.02 Å². The molecule has 2 aromatic carbocycles. The van der Waals surface area contributed by atoms with Gasteiger partial charge in [0.15, 0.2) is 0 Å². The number of carbonyl (C=O) groups is 2. The molecule has 0 unspecified atom stereocenters. The molecule has 5 nitrogen and oxygen atoms in total. The smallest absolute Gasteiger partial charge is 0.254 e. The number of ether oxygens (including phenoxy) is 1. The van der Waals surface area contributed by atoms with Crippen LogP contribution in [-0.2, 0) is 4.79 Å². The summed E-state index contributed by atoms with van der Waals surface area (Å²) in [4.78, 5) is 25.9. The molecule has 0 fully saturated rings. The van der Waals surface area contributed by atoms with Gasteiger partial charge in [-0.1, -0.05) is 23.7 Å². The number of hydrogen-bond acceptors (Lipinski definition) is 3. The van der Waals surface area contributed by atoms with E-state index in [9.17, 15) is 9.59 Å². The highest BCUT2D eigenvalue weighted by Crippen LogP contribution is 2.20. The zero-order valence-electron chi connectivity index (χ0n) is 14.5. The Balaban J connectivity index is 1.95. The third-order valence-corrected chi connectivity index (χ3v) is 3.68. The number of likely N-dealkylation sites (N-methyl/N-ethyl adjacent to an activating group) is 1. The lowest BCUT2D eigenvalue weighted by atomic mass is 10.2. The van der Waals surface area contributed by atoms with E-state index in [1.807, 2.05) is 13.8 Å². The van der Waals surface area contributed by atoms with Crippen molar-refractivity contribution in [3.63, 3.8) is 0 Å². The molecule has 0 radical (unpaired) electrons. The highest BCUT2D eigenvalue weighted by Gasteiger charge is 2.16. The first-order chi connectivity index (χ1) is 11.9. The predicted octanol–water partition coefficient (Wildman–Crippen LogP) is 3.84. The average Bonchev–Trinajstić information content (AvgIpc) is 2.56. The van der Waals surface area contributed by atoms with Crippen molar-refractivity contribution in [2.24, 2.45) is 0 Å². The molecule has 2 rings (SSSR count). The molecule has 0 saturated heterocycles. The van der Waals surface area contributed by atoms with Crippen molar-refractivity contribution < 1.29 is 14.3 Å². The SMILES string of the molecule is CC(C)Oc1ccc(C(=O)N(C)CC(=O)Nc2ccccc2Cl)cc1. The van der Waals surface area contributed by atoms with Gasteiger partial charge in [0.1, 0.15) is 5.75 Å². The first-order valence-electron chi connectivity index (χ1n) is 7.93. The highest BCUT2D eigenvalue weighted by molar-refractivity contribution is 6.33. The molecule has 0 atom stereocenters. The summed E-state index contributed by atoms with van der Waals surface area (Å²) in [6.07, 6.45) is 0.0673. The van der Waals surface area contributed by atoms with Gasteiger partial charge in [0.25, 0.3) is 5.91 Å². The van der Waals surface area contributed by atoms with Crippen molar-refractivity contribution in [3.8, 4) is 5.75 Å².